The number of non-ortho nitro benzene ring substituents is 1. The van der Waals surface area contributed by atoms with Crippen LogP contribution in [0.3, 0.4) is 0 Å². The number of primary amides is 1. The summed E-state index contributed by atoms with van der Waals surface area (Å²) >= 11 is 0. The van der Waals surface area contributed by atoms with Gasteiger partial charge in [0.1, 0.15) is 0 Å². The Hall–Kier alpha value is -2.35. The Labute approximate surface area is 104 Å². The molecule has 98 valence electrons. The van der Waals surface area contributed by atoms with Crippen LogP contribution in [0.1, 0.15) is 6.92 Å². The minimum Gasteiger partial charge on any atom is -0.368 e. The molecule has 0 heterocycles. The van der Waals surface area contributed by atoms with Gasteiger partial charge >= 0.3 is 0 Å². The number of nitrogen functional groups attached to an aromatic ring is 1. The highest BCUT2D eigenvalue weighted by atomic mass is 16.6. The third kappa shape index (κ3) is 3.32. The lowest BCUT2D eigenvalue weighted by molar-refractivity contribution is -0.384. The molecular weight excluding hydrogens is 238 g/mol. The highest BCUT2D eigenvalue weighted by Gasteiger charge is 2.14. The molecule has 0 aliphatic carbocycles. The number of benzene rings is 1. The maximum atomic E-state index is 10.9. The van der Waals surface area contributed by atoms with Crippen molar-refractivity contribution in [2.24, 2.45) is 11.6 Å². The van der Waals surface area contributed by atoms with Crippen LogP contribution in [0, 0.1) is 10.1 Å². The quantitative estimate of drug-likeness (QED) is 0.377. The van der Waals surface area contributed by atoms with Gasteiger partial charge in [-0.05, 0) is 13.0 Å². The first-order valence-electron chi connectivity index (χ1n) is 5.27. The van der Waals surface area contributed by atoms with Gasteiger partial charge in [0.25, 0.3) is 5.69 Å². The lowest BCUT2D eigenvalue weighted by Crippen LogP contribution is -2.33. The van der Waals surface area contributed by atoms with Gasteiger partial charge in [0.15, 0.2) is 0 Å². The minimum absolute atomic E-state index is 0.0122. The molecule has 18 heavy (non-hydrogen) atoms. The smallest absolute Gasteiger partial charge is 0.273 e. The lowest BCUT2D eigenvalue weighted by atomic mass is 10.2. The Kier molecular flexibility index (Phi) is 4.44. The zero-order valence-electron chi connectivity index (χ0n) is 9.92. The van der Waals surface area contributed by atoms with Crippen molar-refractivity contribution in [3.8, 4) is 0 Å². The van der Waals surface area contributed by atoms with Gasteiger partial charge in [0.2, 0.25) is 5.91 Å². The largest absolute Gasteiger partial charge is 0.368 e. The van der Waals surface area contributed by atoms with Crippen LogP contribution < -0.4 is 21.9 Å². The number of carbonyl (C=O) groups excluding carboxylic acids is 1. The molecule has 1 rings (SSSR count). The highest BCUT2D eigenvalue weighted by molar-refractivity contribution is 5.80. The number of carbonyl (C=O) groups is 1. The van der Waals surface area contributed by atoms with Crippen molar-refractivity contribution in [2.75, 3.05) is 23.4 Å². The van der Waals surface area contributed by atoms with E-state index in [1.807, 2.05) is 6.92 Å². The van der Waals surface area contributed by atoms with Crippen LogP contribution >= 0.6 is 0 Å². The van der Waals surface area contributed by atoms with E-state index in [0.29, 0.717) is 17.9 Å². The van der Waals surface area contributed by atoms with Crippen molar-refractivity contribution < 1.29 is 9.72 Å². The first-order chi connectivity index (χ1) is 8.47. The zero-order valence-corrected chi connectivity index (χ0v) is 9.92. The van der Waals surface area contributed by atoms with E-state index < -0.39 is 10.8 Å². The van der Waals surface area contributed by atoms with Gasteiger partial charge in [0.05, 0.1) is 17.2 Å². The molecule has 0 radical (unpaired) electrons. The molecule has 8 nitrogen and oxygen atoms in total. The summed E-state index contributed by atoms with van der Waals surface area (Å²) in [6.45, 7) is 2.30. The standard InChI is InChI=1S/C10H15N5O3/c1-2-14(6-10(11)16)8-3-7(13-12)4-9(5-8)15(17)18/h3-5,13H,2,6,12H2,1H3,(H2,11,16). The molecule has 0 saturated carbocycles. The van der Waals surface area contributed by atoms with E-state index in [9.17, 15) is 14.9 Å². The molecule has 0 atom stereocenters. The first-order valence-corrected chi connectivity index (χ1v) is 5.27. The second-order valence-electron chi connectivity index (χ2n) is 3.62. The van der Waals surface area contributed by atoms with E-state index >= 15 is 0 Å². The number of nitrogens with one attached hydrogen (secondary N) is 1. The van der Waals surface area contributed by atoms with Gasteiger partial charge in [-0.25, -0.2) is 0 Å². The van der Waals surface area contributed by atoms with Crippen molar-refractivity contribution >= 4 is 23.0 Å². The monoisotopic (exact) mass is 253 g/mol. The molecule has 0 saturated heterocycles. The van der Waals surface area contributed by atoms with Crippen molar-refractivity contribution in [2.45, 2.75) is 6.92 Å². The molecule has 0 spiro atoms. The fourth-order valence-electron chi connectivity index (χ4n) is 1.54. The number of nitrogens with zero attached hydrogens (tertiary/aromatic N) is 2. The third-order valence-corrected chi connectivity index (χ3v) is 2.37. The SMILES string of the molecule is CCN(CC(N)=O)c1cc(NN)cc([N+](=O)[O-])c1. The van der Waals surface area contributed by atoms with Crippen LogP contribution in [0.5, 0.6) is 0 Å². The number of hydrogen-bond acceptors (Lipinski definition) is 6. The van der Waals surface area contributed by atoms with Gasteiger partial charge in [-0.1, -0.05) is 0 Å². The predicted octanol–water partition coefficient (Wildman–Crippen LogP) is 0.192. The summed E-state index contributed by atoms with van der Waals surface area (Å²) < 4.78 is 0. The van der Waals surface area contributed by atoms with Crippen molar-refractivity contribution in [1.29, 1.82) is 0 Å². The molecular formula is C10H15N5O3. The molecule has 8 heteroatoms. The number of nitrogens with two attached hydrogens (primary N) is 2. The van der Waals surface area contributed by atoms with Crippen LogP contribution in [-0.4, -0.2) is 23.9 Å². The van der Waals surface area contributed by atoms with Crippen LogP contribution in [0.2, 0.25) is 0 Å². The molecule has 5 N–H and O–H groups in total. The molecule has 1 amide bonds. The van der Waals surface area contributed by atoms with Gasteiger partial charge in [-0.3, -0.25) is 20.8 Å². The Bertz CT molecular complexity index is 463. The summed E-state index contributed by atoms with van der Waals surface area (Å²) in [5, 5.41) is 10.8. The molecule has 0 fully saturated rings. The third-order valence-electron chi connectivity index (χ3n) is 2.37. The lowest BCUT2D eigenvalue weighted by Gasteiger charge is -2.21. The predicted molar refractivity (Wildman–Crippen MR) is 68.0 cm³/mol. The second kappa shape index (κ2) is 5.82. The Morgan fingerprint density at radius 1 is 1.50 bits per heavy atom. The number of hydrogen-bond donors (Lipinski definition) is 3. The first kappa shape index (κ1) is 13.7. The van der Waals surface area contributed by atoms with E-state index in [4.69, 9.17) is 11.6 Å². The van der Waals surface area contributed by atoms with Gasteiger partial charge in [-0.2, -0.15) is 0 Å². The zero-order chi connectivity index (χ0) is 13.7. The van der Waals surface area contributed by atoms with Crippen molar-refractivity contribution in [3.63, 3.8) is 0 Å². The number of rotatable bonds is 6. The maximum Gasteiger partial charge on any atom is 0.273 e. The number of hydrazine groups is 1. The Morgan fingerprint density at radius 2 is 2.17 bits per heavy atom. The van der Waals surface area contributed by atoms with E-state index in [1.54, 1.807) is 11.0 Å². The van der Waals surface area contributed by atoms with Crippen molar-refractivity contribution in [3.05, 3.63) is 28.3 Å². The molecule has 0 aliphatic rings. The number of amides is 1. The summed E-state index contributed by atoms with van der Waals surface area (Å²) in [4.78, 5) is 22.8. The topological polar surface area (TPSA) is 128 Å². The average molecular weight is 253 g/mol. The van der Waals surface area contributed by atoms with E-state index in [2.05, 4.69) is 5.43 Å². The van der Waals surface area contributed by atoms with E-state index in [-0.39, 0.29) is 12.2 Å². The number of nitro groups is 1. The van der Waals surface area contributed by atoms with Gasteiger partial charge in [0, 0.05) is 24.4 Å². The Balaban J connectivity index is 3.16. The van der Waals surface area contributed by atoms with E-state index in [1.165, 1.54) is 12.1 Å². The van der Waals surface area contributed by atoms with Crippen LogP contribution in [0.4, 0.5) is 17.1 Å². The fraction of sp³-hybridized carbons (Fsp3) is 0.300. The maximum absolute atomic E-state index is 10.9. The summed E-state index contributed by atoms with van der Waals surface area (Å²) in [7, 11) is 0. The summed E-state index contributed by atoms with van der Waals surface area (Å²) in [5.41, 5.74) is 8.26. The molecule has 1 aromatic rings. The minimum atomic E-state index is -0.525. The summed E-state index contributed by atoms with van der Waals surface area (Å²) in [6.07, 6.45) is 0. The molecule has 0 aromatic heterocycles. The summed E-state index contributed by atoms with van der Waals surface area (Å²) in [5.74, 6) is 4.74. The van der Waals surface area contributed by atoms with Crippen LogP contribution in [0.15, 0.2) is 18.2 Å². The molecule has 0 unspecified atom stereocenters. The van der Waals surface area contributed by atoms with Crippen molar-refractivity contribution in [1.82, 2.24) is 0 Å². The Morgan fingerprint density at radius 3 is 2.61 bits per heavy atom. The molecule has 1 aromatic carbocycles. The number of likely N-dealkylation sites (N-methyl/N-ethyl adjacent to an activating group) is 1. The second-order valence-corrected chi connectivity index (χ2v) is 3.62. The average Bonchev–Trinajstić information content (AvgIpc) is 2.34. The number of nitro benzene ring substituents is 1. The van der Waals surface area contributed by atoms with E-state index in [0.717, 1.165) is 0 Å². The fourth-order valence-corrected chi connectivity index (χ4v) is 1.54. The van der Waals surface area contributed by atoms with Crippen LogP contribution in [0.25, 0.3) is 0 Å². The summed E-state index contributed by atoms with van der Waals surface area (Å²) in [6, 6.07) is 4.29. The molecule has 0 bridgehead atoms. The number of anilines is 2. The highest BCUT2D eigenvalue weighted by Crippen LogP contribution is 2.26. The van der Waals surface area contributed by atoms with Gasteiger partial charge in [-0.15, -0.1) is 0 Å². The van der Waals surface area contributed by atoms with Gasteiger partial charge < -0.3 is 16.1 Å². The van der Waals surface area contributed by atoms with Crippen LogP contribution in [-0.2, 0) is 4.79 Å². The molecule has 0 aliphatic heterocycles. The normalized spacial score (nSPS) is 9.89.